The van der Waals surface area contributed by atoms with Crippen molar-refractivity contribution in [2.75, 3.05) is 25.9 Å². The van der Waals surface area contributed by atoms with Crippen molar-refractivity contribution in [1.29, 1.82) is 0 Å². The van der Waals surface area contributed by atoms with Gasteiger partial charge in [-0.3, -0.25) is 4.98 Å². The summed E-state index contributed by atoms with van der Waals surface area (Å²) in [7, 11) is 0.00567. The summed E-state index contributed by atoms with van der Waals surface area (Å²) in [5, 5.41) is 0. The van der Waals surface area contributed by atoms with E-state index < -0.39 is 5.67 Å². The number of likely N-dealkylation sites (tertiary alicyclic amines) is 1. The fourth-order valence-corrected chi connectivity index (χ4v) is 4.47. The van der Waals surface area contributed by atoms with E-state index in [0.29, 0.717) is 6.54 Å². The Hall–Kier alpha value is -1.52. The van der Waals surface area contributed by atoms with Gasteiger partial charge >= 0.3 is 0 Å². The van der Waals surface area contributed by atoms with Crippen molar-refractivity contribution < 1.29 is 4.39 Å². The molecule has 3 rings (SSSR count). The number of hydrogen-bond donors (Lipinski definition) is 0. The van der Waals surface area contributed by atoms with Crippen LogP contribution >= 0.6 is 10.5 Å². The van der Waals surface area contributed by atoms with Crippen molar-refractivity contribution >= 4 is 16.4 Å². The van der Waals surface area contributed by atoms with E-state index in [2.05, 4.69) is 58.4 Å². The number of rotatable bonds is 7. The van der Waals surface area contributed by atoms with Gasteiger partial charge in [-0.25, -0.2) is 4.39 Å². The molecular formula is C26H39FN2S. The van der Waals surface area contributed by atoms with Crippen molar-refractivity contribution in [2.24, 2.45) is 5.92 Å². The number of benzene rings is 1. The smallest absolute Gasteiger partial charge is 0.118 e. The number of pyridine rings is 1. The molecule has 0 radical (unpaired) electrons. The van der Waals surface area contributed by atoms with Crippen LogP contribution in [0.3, 0.4) is 0 Å². The SMILES string of the molecule is C=S(C)c1ccc(-c2ccc(CCC3CCN(CC(C)(C)F)CC3)cc2)nc1.CC. The van der Waals surface area contributed by atoms with E-state index in [1.54, 1.807) is 13.8 Å². The Morgan fingerprint density at radius 3 is 2.23 bits per heavy atom. The van der Waals surface area contributed by atoms with Crippen LogP contribution in [0.15, 0.2) is 47.5 Å². The third-order valence-electron chi connectivity index (χ3n) is 5.54. The van der Waals surface area contributed by atoms with E-state index in [9.17, 15) is 4.39 Å². The maximum absolute atomic E-state index is 13.8. The van der Waals surface area contributed by atoms with Gasteiger partial charge in [0.2, 0.25) is 0 Å². The Kier molecular flexibility index (Phi) is 9.70. The summed E-state index contributed by atoms with van der Waals surface area (Å²) in [6.07, 6.45) is 8.77. The van der Waals surface area contributed by atoms with Gasteiger partial charge in [0.05, 0.1) is 5.69 Å². The van der Waals surface area contributed by atoms with Crippen LogP contribution < -0.4 is 0 Å². The molecule has 0 N–H and O–H groups in total. The van der Waals surface area contributed by atoms with Crippen molar-refractivity contribution in [1.82, 2.24) is 9.88 Å². The molecule has 0 saturated carbocycles. The largest absolute Gasteiger partial charge is 0.300 e. The Morgan fingerprint density at radius 2 is 1.73 bits per heavy atom. The minimum absolute atomic E-state index is 0.00567. The van der Waals surface area contributed by atoms with E-state index in [1.165, 1.54) is 29.7 Å². The summed E-state index contributed by atoms with van der Waals surface area (Å²) >= 11 is 0. The molecule has 1 unspecified atom stereocenters. The molecule has 1 aromatic carbocycles. The van der Waals surface area contributed by atoms with Crippen LogP contribution in [-0.4, -0.2) is 47.3 Å². The number of piperidine rings is 1. The number of halogens is 1. The van der Waals surface area contributed by atoms with E-state index in [-0.39, 0.29) is 10.5 Å². The molecule has 1 aromatic heterocycles. The van der Waals surface area contributed by atoms with Crippen LogP contribution in [0.4, 0.5) is 4.39 Å². The number of aryl methyl sites for hydroxylation is 1. The second-order valence-corrected chi connectivity index (χ2v) is 10.4. The quantitative estimate of drug-likeness (QED) is 0.446. The number of aromatic nitrogens is 1. The van der Waals surface area contributed by atoms with Crippen molar-refractivity contribution in [3.8, 4) is 11.3 Å². The molecule has 1 aliphatic heterocycles. The molecule has 4 heteroatoms. The molecule has 2 heterocycles. The zero-order valence-electron chi connectivity index (χ0n) is 19.5. The van der Waals surface area contributed by atoms with E-state index in [4.69, 9.17) is 0 Å². The molecule has 2 nitrogen and oxygen atoms in total. The van der Waals surface area contributed by atoms with Gasteiger partial charge in [0.15, 0.2) is 0 Å². The van der Waals surface area contributed by atoms with Crippen LogP contribution in [0, 0.1) is 5.92 Å². The third-order valence-corrected chi connectivity index (χ3v) is 6.58. The second-order valence-electron chi connectivity index (χ2n) is 8.69. The lowest BCUT2D eigenvalue weighted by Crippen LogP contribution is -2.41. The summed E-state index contributed by atoms with van der Waals surface area (Å²) in [5.74, 6) is 4.83. The zero-order valence-corrected chi connectivity index (χ0v) is 20.3. The van der Waals surface area contributed by atoms with Crippen molar-refractivity contribution in [3.05, 3.63) is 48.2 Å². The third kappa shape index (κ3) is 7.96. The standard InChI is InChI=1S/C24H33FN2S.C2H6/c1-24(2,25)18-27-15-13-20(14-16-27)6-5-19-7-9-21(10-8-19)23-12-11-22(17-26-23)28(3)4;1-2/h7-12,17,20H,3,5-6,13-16,18H2,1-2,4H3;1-2H3. The Labute approximate surface area is 185 Å². The molecule has 0 amide bonds. The monoisotopic (exact) mass is 430 g/mol. The summed E-state index contributed by atoms with van der Waals surface area (Å²) in [6, 6.07) is 13.0. The summed E-state index contributed by atoms with van der Waals surface area (Å²) in [5.41, 5.74) is 2.48. The van der Waals surface area contributed by atoms with Crippen molar-refractivity contribution in [2.45, 2.75) is 63.9 Å². The van der Waals surface area contributed by atoms with E-state index >= 15 is 0 Å². The molecular weight excluding hydrogens is 391 g/mol. The zero-order chi connectivity index (χ0) is 22.1. The van der Waals surface area contributed by atoms with Gasteiger partial charge in [-0.2, -0.15) is 10.5 Å². The van der Waals surface area contributed by atoms with Crippen LogP contribution in [0.5, 0.6) is 0 Å². The van der Waals surface area contributed by atoms with Crippen LogP contribution in [0.2, 0.25) is 0 Å². The maximum atomic E-state index is 13.8. The van der Waals surface area contributed by atoms with Gasteiger partial charge in [-0.1, -0.05) is 44.0 Å². The molecule has 0 bridgehead atoms. The lowest BCUT2D eigenvalue weighted by molar-refractivity contribution is 0.0943. The predicted octanol–water partition coefficient (Wildman–Crippen LogP) is 6.86. The van der Waals surface area contributed by atoms with Gasteiger partial charge < -0.3 is 4.90 Å². The van der Waals surface area contributed by atoms with Crippen LogP contribution in [0.1, 0.15) is 52.5 Å². The first-order chi connectivity index (χ1) is 14.3. The molecule has 0 spiro atoms. The number of nitrogens with zero attached hydrogens (tertiary/aromatic N) is 2. The Balaban J connectivity index is 0.00000155. The topological polar surface area (TPSA) is 16.1 Å². The summed E-state index contributed by atoms with van der Waals surface area (Å²) < 4.78 is 13.8. The highest BCUT2D eigenvalue weighted by molar-refractivity contribution is 8.13. The predicted molar refractivity (Wildman–Crippen MR) is 133 cm³/mol. The summed E-state index contributed by atoms with van der Waals surface area (Å²) in [4.78, 5) is 8.06. The lowest BCUT2D eigenvalue weighted by atomic mass is 9.90. The Morgan fingerprint density at radius 1 is 1.10 bits per heavy atom. The molecule has 1 fully saturated rings. The first-order valence-corrected chi connectivity index (χ1v) is 13.0. The number of alkyl halides is 1. The fourth-order valence-electron chi connectivity index (χ4n) is 3.94. The molecule has 166 valence electrons. The van der Waals surface area contributed by atoms with Crippen LogP contribution in [0.25, 0.3) is 11.3 Å². The van der Waals surface area contributed by atoms with Gasteiger partial charge in [-0.05, 0) is 82.5 Å². The van der Waals surface area contributed by atoms with Gasteiger partial charge in [0, 0.05) is 23.2 Å². The molecule has 2 aromatic rings. The van der Waals surface area contributed by atoms with Crippen LogP contribution in [-0.2, 0) is 6.42 Å². The number of hydrogen-bond acceptors (Lipinski definition) is 2. The molecule has 30 heavy (non-hydrogen) atoms. The van der Waals surface area contributed by atoms with E-state index in [0.717, 1.165) is 36.7 Å². The van der Waals surface area contributed by atoms with Gasteiger partial charge in [0.1, 0.15) is 5.67 Å². The van der Waals surface area contributed by atoms with E-state index in [1.807, 2.05) is 20.0 Å². The highest BCUT2D eigenvalue weighted by Crippen LogP contribution is 2.26. The Bertz CT molecular complexity index is 770. The van der Waals surface area contributed by atoms with Gasteiger partial charge in [-0.15, -0.1) is 0 Å². The summed E-state index contributed by atoms with van der Waals surface area (Å²) in [6.45, 7) is 9.98. The fraction of sp³-hybridized carbons (Fsp3) is 0.538. The first kappa shape index (κ1) is 24.7. The minimum atomic E-state index is -1.09. The highest BCUT2D eigenvalue weighted by Gasteiger charge is 2.25. The van der Waals surface area contributed by atoms with Crippen molar-refractivity contribution in [3.63, 3.8) is 0 Å². The second kappa shape index (κ2) is 11.8. The molecule has 0 aliphatic carbocycles. The highest BCUT2D eigenvalue weighted by atomic mass is 32.2. The molecule has 1 saturated heterocycles. The minimum Gasteiger partial charge on any atom is -0.300 e. The normalized spacial score (nSPS) is 16.6. The lowest BCUT2D eigenvalue weighted by Gasteiger charge is -2.34. The maximum Gasteiger partial charge on any atom is 0.118 e. The molecule has 1 aliphatic rings. The molecule has 1 atom stereocenters. The first-order valence-electron chi connectivity index (χ1n) is 11.2. The average Bonchev–Trinajstić information content (AvgIpc) is 2.74. The average molecular weight is 431 g/mol. The van der Waals surface area contributed by atoms with Gasteiger partial charge in [0.25, 0.3) is 0 Å².